The number of aliphatic imine (C=N–C) groups is 1. The highest BCUT2D eigenvalue weighted by molar-refractivity contribution is 5.84. The molecule has 0 spiro atoms. The Morgan fingerprint density at radius 2 is 1.69 bits per heavy atom. The van der Waals surface area contributed by atoms with Crippen molar-refractivity contribution in [2.75, 3.05) is 0 Å². The van der Waals surface area contributed by atoms with Gasteiger partial charge in [-0.1, -0.05) is 0 Å². The van der Waals surface area contributed by atoms with Crippen LogP contribution < -0.4 is 16.0 Å². The summed E-state index contributed by atoms with van der Waals surface area (Å²) < 4.78 is 7.10. The van der Waals surface area contributed by atoms with Crippen molar-refractivity contribution in [3.05, 3.63) is 50.7 Å². The summed E-state index contributed by atoms with van der Waals surface area (Å²) in [7, 11) is 2.67. The first kappa shape index (κ1) is 19.2. The number of aromatic hydroxyl groups is 1. The van der Waals surface area contributed by atoms with Crippen LogP contribution in [0, 0.1) is 5.41 Å². The van der Waals surface area contributed by atoms with Gasteiger partial charge in [-0.05, 0) is 45.0 Å². The fourth-order valence-electron chi connectivity index (χ4n) is 1.97. The van der Waals surface area contributed by atoms with Crippen LogP contribution in [0.3, 0.4) is 0 Å². The topological polar surface area (TPSA) is 103 Å². The average Bonchev–Trinajstić information content (AvgIpc) is 2.58. The lowest BCUT2D eigenvalue weighted by atomic mass is 9.97. The molecule has 1 aromatic carbocycles. The summed E-state index contributed by atoms with van der Waals surface area (Å²) in [5.74, 6) is -0.435. The number of hydrogen-bond donors (Lipinski definition) is 1. The van der Waals surface area contributed by atoms with Gasteiger partial charge in [-0.15, -0.1) is 0 Å². The van der Waals surface area contributed by atoms with Crippen molar-refractivity contribution >= 4 is 17.9 Å². The summed E-state index contributed by atoms with van der Waals surface area (Å²) in [5, 5.41) is 9.98. The lowest BCUT2D eigenvalue weighted by Crippen LogP contribution is -2.38. The number of ether oxygens (including phenoxy) is 1. The van der Waals surface area contributed by atoms with Crippen molar-refractivity contribution < 1.29 is 14.6 Å². The number of esters is 1. The van der Waals surface area contributed by atoms with Gasteiger partial charge < -0.3 is 9.84 Å². The molecule has 0 saturated heterocycles. The van der Waals surface area contributed by atoms with Crippen LogP contribution in [0.5, 0.6) is 11.6 Å². The molecular weight excluding hydrogens is 338 g/mol. The Morgan fingerprint density at radius 1 is 1.12 bits per heavy atom. The van der Waals surface area contributed by atoms with E-state index in [4.69, 9.17) is 4.74 Å². The number of carbonyl (C=O) groups excluding carboxylic acids is 1. The molecule has 0 aliphatic rings. The standard InChI is InChI=1S/C18H21N3O5/c1-18(2,3)16(24)26-12-8-6-11(7-9-12)19-10-13-14(22)20(4)17(25)21(5)15(13)23/h6-10,22H,1-5H3. The summed E-state index contributed by atoms with van der Waals surface area (Å²) in [6.07, 6.45) is 1.19. The molecule has 0 radical (unpaired) electrons. The second kappa shape index (κ2) is 6.99. The third-order valence-corrected chi connectivity index (χ3v) is 3.67. The second-order valence-electron chi connectivity index (χ2n) is 6.83. The molecule has 138 valence electrons. The van der Waals surface area contributed by atoms with Crippen molar-refractivity contribution in [3.63, 3.8) is 0 Å². The van der Waals surface area contributed by atoms with Gasteiger partial charge in [-0.25, -0.2) is 4.79 Å². The maximum Gasteiger partial charge on any atom is 0.333 e. The highest BCUT2D eigenvalue weighted by Gasteiger charge is 2.23. The maximum atomic E-state index is 12.1. The van der Waals surface area contributed by atoms with Crippen LogP contribution in [0.2, 0.25) is 0 Å². The first-order valence-corrected chi connectivity index (χ1v) is 7.87. The van der Waals surface area contributed by atoms with Gasteiger partial charge in [0.25, 0.3) is 5.56 Å². The highest BCUT2D eigenvalue weighted by Crippen LogP contribution is 2.22. The van der Waals surface area contributed by atoms with Gasteiger partial charge in [0.15, 0.2) is 0 Å². The first-order chi connectivity index (χ1) is 12.0. The summed E-state index contributed by atoms with van der Waals surface area (Å²) >= 11 is 0. The monoisotopic (exact) mass is 359 g/mol. The first-order valence-electron chi connectivity index (χ1n) is 7.87. The minimum atomic E-state index is -0.648. The van der Waals surface area contributed by atoms with Crippen molar-refractivity contribution in [3.8, 4) is 11.6 Å². The van der Waals surface area contributed by atoms with Gasteiger partial charge in [-0.3, -0.25) is 23.7 Å². The second-order valence-corrected chi connectivity index (χ2v) is 6.83. The Bertz CT molecular complexity index is 976. The molecule has 1 heterocycles. The third-order valence-electron chi connectivity index (χ3n) is 3.67. The van der Waals surface area contributed by atoms with E-state index in [0.717, 1.165) is 9.13 Å². The summed E-state index contributed by atoms with van der Waals surface area (Å²) in [6.45, 7) is 5.27. The molecular formula is C18H21N3O5. The summed E-state index contributed by atoms with van der Waals surface area (Å²) in [4.78, 5) is 39.8. The van der Waals surface area contributed by atoms with E-state index in [1.54, 1.807) is 45.0 Å². The lowest BCUT2D eigenvalue weighted by Gasteiger charge is -2.16. The molecule has 0 amide bonds. The Labute approximate surface area is 150 Å². The highest BCUT2D eigenvalue weighted by atomic mass is 16.5. The molecule has 0 bridgehead atoms. The van der Waals surface area contributed by atoms with Crippen LogP contribution in [-0.2, 0) is 18.9 Å². The van der Waals surface area contributed by atoms with E-state index in [1.165, 1.54) is 20.3 Å². The van der Waals surface area contributed by atoms with Crippen molar-refractivity contribution in [2.45, 2.75) is 20.8 Å². The molecule has 0 unspecified atom stereocenters. The van der Waals surface area contributed by atoms with Crippen LogP contribution in [0.25, 0.3) is 0 Å². The van der Waals surface area contributed by atoms with E-state index < -0.39 is 22.5 Å². The predicted octanol–water partition coefficient (Wildman–Crippen LogP) is 1.49. The number of hydrogen-bond acceptors (Lipinski definition) is 6. The third kappa shape index (κ3) is 3.90. The van der Waals surface area contributed by atoms with Crippen molar-refractivity contribution in [2.24, 2.45) is 24.5 Å². The molecule has 1 aromatic heterocycles. The normalized spacial score (nSPS) is 11.7. The van der Waals surface area contributed by atoms with Crippen LogP contribution in [0.1, 0.15) is 26.3 Å². The average molecular weight is 359 g/mol. The molecule has 8 nitrogen and oxygen atoms in total. The van der Waals surface area contributed by atoms with Gasteiger partial charge in [0.2, 0.25) is 5.88 Å². The number of nitrogens with zero attached hydrogens (tertiary/aromatic N) is 3. The minimum absolute atomic E-state index is 0.0992. The van der Waals surface area contributed by atoms with Crippen molar-refractivity contribution in [1.29, 1.82) is 0 Å². The van der Waals surface area contributed by atoms with E-state index in [1.807, 2.05) is 0 Å². The quantitative estimate of drug-likeness (QED) is 0.508. The van der Waals surface area contributed by atoms with Crippen LogP contribution in [0.4, 0.5) is 5.69 Å². The molecule has 2 rings (SSSR count). The summed E-state index contributed by atoms with van der Waals surface area (Å²) in [5.41, 5.74) is -1.51. The van der Waals surface area contributed by atoms with E-state index in [9.17, 15) is 19.5 Å². The SMILES string of the molecule is Cn1c(O)c(C=Nc2ccc(OC(=O)C(C)(C)C)cc2)c(=O)n(C)c1=O. The Hall–Kier alpha value is -3.16. The van der Waals surface area contributed by atoms with Crippen LogP contribution in [-0.4, -0.2) is 26.4 Å². The van der Waals surface area contributed by atoms with E-state index in [-0.39, 0.29) is 11.5 Å². The molecule has 2 aromatic rings. The smallest absolute Gasteiger partial charge is 0.333 e. The lowest BCUT2D eigenvalue weighted by molar-refractivity contribution is -0.142. The molecule has 26 heavy (non-hydrogen) atoms. The van der Waals surface area contributed by atoms with Gasteiger partial charge in [-0.2, -0.15) is 0 Å². The zero-order valence-electron chi connectivity index (χ0n) is 15.3. The number of benzene rings is 1. The summed E-state index contributed by atoms with van der Waals surface area (Å²) in [6, 6.07) is 6.36. The van der Waals surface area contributed by atoms with Gasteiger partial charge in [0.1, 0.15) is 11.3 Å². The number of rotatable bonds is 3. The molecule has 0 aliphatic heterocycles. The van der Waals surface area contributed by atoms with Gasteiger partial charge in [0, 0.05) is 20.3 Å². The van der Waals surface area contributed by atoms with Gasteiger partial charge in [0.05, 0.1) is 11.1 Å². The molecule has 0 fully saturated rings. The maximum absolute atomic E-state index is 12.1. The van der Waals surface area contributed by atoms with Crippen LogP contribution >= 0.6 is 0 Å². The Balaban J connectivity index is 2.27. The fourth-order valence-corrected chi connectivity index (χ4v) is 1.97. The Kier molecular flexibility index (Phi) is 5.15. The van der Waals surface area contributed by atoms with E-state index in [2.05, 4.69) is 4.99 Å². The molecule has 0 aliphatic carbocycles. The predicted molar refractivity (Wildman–Crippen MR) is 97.4 cm³/mol. The molecule has 1 N–H and O–H groups in total. The fraction of sp³-hybridized carbons (Fsp3) is 0.333. The number of carbonyl (C=O) groups is 1. The number of aromatic nitrogens is 2. The zero-order chi connectivity index (χ0) is 19.6. The van der Waals surface area contributed by atoms with E-state index in [0.29, 0.717) is 11.4 Å². The largest absolute Gasteiger partial charge is 0.494 e. The molecule has 0 atom stereocenters. The minimum Gasteiger partial charge on any atom is -0.494 e. The van der Waals surface area contributed by atoms with E-state index >= 15 is 0 Å². The Morgan fingerprint density at radius 3 is 2.23 bits per heavy atom. The van der Waals surface area contributed by atoms with Crippen LogP contribution in [0.15, 0.2) is 38.8 Å². The van der Waals surface area contributed by atoms with Gasteiger partial charge >= 0.3 is 11.7 Å². The molecule has 0 saturated carbocycles. The molecule has 8 heteroatoms. The van der Waals surface area contributed by atoms with Crippen molar-refractivity contribution in [1.82, 2.24) is 9.13 Å². The zero-order valence-corrected chi connectivity index (χ0v) is 15.3.